The molecule has 0 fully saturated rings. The van der Waals surface area contributed by atoms with E-state index in [0.29, 0.717) is 0 Å². The first kappa shape index (κ1) is 5.65. The smallest absolute Gasteiger partial charge is 0.147 e. The summed E-state index contributed by atoms with van der Waals surface area (Å²) in [5.41, 5.74) is 0. The van der Waals surface area contributed by atoms with Crippen LogP contribution in [0.4, 0.5) is 0 Å². The van der Waals surface area contributed by atoms with Crippen LogP contribution in [0.5, 0.6) is 0 Å². The summed E-state index contributed by atoms with van der Waals surface area (Å²) in [5.74, 6) is 2.16. The van der Waals surface area contributed by atoms with Crippen molar-refractivity contribution in [3.8, 4) is 12.3 Å². The highest BCUT2D eigenvalue weighted by Crippen LogP contribution is 1.81. The summed E-state index contributed by atoms with van der Waals surface area (Å²) in [6.07, 6.45) is 4.81. The standard InChI is InChI=1S/C3H6B2O/c1-2-3(4,5)6/h1,6H,4-5H2. The van der Waals surface area contributed by atoms with Gasteiger partial charge in [0.25, 0.3) is 0 Å². The molecule has 0 rings (SSSR count). The lowest BCUT2D eigenvalue weighted by atomic mass is 9.66. The monoisotopic (exact) mass is 80.1 g/mol. The third-order valence-corrected chi connectivity index (χ3v) is 0.353. The van der Waals surface area contributed by atoms with Gasteiger partial charge < -0.3 is 5.11 Å². The van der Waals surface area contributed by atoms with E-state index in [9.17, 15) is 0 Å². The summed E-state index contributed by atoms with van der Waals surface area (Å²) < 4.78 is 0. The molecule has 0 aromatic rings. The summed E-state index contributed by atoms with van der Waals surface area (Å²) >= 11 is 0. The largest absolute Gasteiger partial charge is 0.396 e. The van der Waals surface area contributed by atoms with Crippen LogP contribution in [0.25, 0.3) is 0 Å². The molecule has 0 aliphatic carbocycles. The Labute approximate surface area is 39.6 Å². The topological polar surface area (TPSA) is 20.2 Å². The molecule has 0 aromatic heterocycles. The molecule has 1 N–H and O–H groups in total. The minimum atomic E-state index is -0.931. The second kappa shape index (κ2) is 1.40. The van der Waals surface area contributed by atoms with Crippen LogP contribution in [0, 0.1) is 12.3 Å². The molecule has 0 amide bonds. The Hall–Kier alpha value is -0.350. The van der Waals surface area contributed by atoms with Crippen molar-refractivity contribution in [1.82, 2.24) is 0 Å². The molecule has 0 unspecified atom stereocenters. The number of aliphatic hydroxyl groups is 1. The van der Waals surface area contributed by atoms with Gasteiger partial charge in [-0.1, -0.05) is 5.92 Å². The second-order valence-electron chi connectivity index (χ2n) is 1.70. The lowest BCUT2D eigenvalue weighted by molar-refractivity contribution is 0.272. The zero-order valence-electron chi connectivity index (χ0n) is 4.02. The van der Waals surface area contributed by atoms with Crippen LogP contribution in [0.2, 0.25) is 0 Å². The van der Waals surface area contributed by atoms with Gasteiger partial charge in [0.05, 0.1) is 5.40 Å². The zero-order chi connectivity index (χ0) is 5.21. The van der Waals surface area contributed by atoms with Gasteiger partial charge in [0, 0.05) is 0 Å². The molecule has 1 nitrogen and oxygen atoms in total. The molecule has 0 atom stereocenters. The van der Waals surface area contributed by atoms with Crippen molar-refractivity contribution in [2.75, 3.05) is 0 Å². The summed E-state index contributed by atoms with van der Waals surface area (Å²) in [4.78, 5) is 0. The molecule has 6 heavy (non-hydrogen) atoms. The Morgan fingerprint density at radius 2 is 1.83 bits per heavy atom. The van der Waals surface area contributed by atoms with Crippen molar-refractivity contribution < 1.29 is 5.11 Å². The van der Waals surface area contributed by atoms with Gasteiger partial charge in [-0.05, 0) is 0 Å². The van der Waals surface area contributed by atoms with E-state index in [0.717, 1.165) is 0 Å². The lowest BCUT2D eigenvalue weighted by Crippen LogP contribution is -2.25. The average molecular weight is 79.7 g/mol. The first-order valence-electron chi connectivity index (χ1n) is 1.76. The van der Waals surface area contributed by atoms with E-state index in [2.05, 4.69) is 5.92 Å². The predicted molar refractivity (Wildman–Crippen MR) is 30.9 cm³/mol. The van der Waals surface area contributed by atoms with Gasteiger partial charge in [0.15, 0.2) is 0 Å². The highest BCUT2D eigenvalue weighted by Gasteiger charge is 2.04. The predicted octanol–water partition coefficient (Wildman–Crippen LogP) is -2.47. The second-order valence-corrected chi connectivity index (χ2v) is 1.70. The molecular formula is C3H6B2O. The fraction of sp³-hybridized carbons (Fsp3) is 0.333. The molecule has 0 aromatic carbocycles. The van der Waals surface area contributed by atoms with E-state index in [1.807, 2.05) is 0 Å². The minimum absolute atomic E-state index is 0.931. The first-order valence-corrected chi connectivity index (χ1v) is 1.76. The van der Waals surface area contributed by atoms with Crippen molar-refractivity contribution in [3.05, 3.63) is 0 Å². The Balaban J connectivity index is 3.55. The molecule has 0 aliphatic heterocycles. The maximum absolute atomic E-state index is 8.59. The fourth-order valence-electron chi connectivity index (χ4n) is 0. The maximum atomic E-state index is 8.59. The van der Waals surface area contributed by atoms with Gasteiger partial charge in [-0.2, -0.15) is 0 Å². The van der Waals surface area contributed by atoms with E-state index in [-0.39, 0.29) is 0 Å². The van der Waals surface area contributed by atoms with Crippen LogP contribution in [-0.4, -0.2) is 26.2 Å². The third kappa shape index (κ3) is 3.65. The molecule has 0 spiro atoms. The summed E-state index contributed by atoms with van der Waals surface area (Å²) in [6, 6.07) is 0. The number of hydrogen-bond donors (Lipinski definition) is 1. The first-order chi connectivity index (χ1) is 2.56. The highest BCUT2D eigenvalue weighted by atomic mass is 16.3. The molecule has 30 valence electrons. The summed E-state index contributed by atoms with van der Waals surface area (Å²) in [6.45, 7) is 0. The van der Waals surface area contributed by atoms with E-state index >= 15 is 0 Å². The van der Waals surface area contributed by atoms with Crippen molar-refractivity contribution >= 4 is 15.7 Å². The van der Waals surface area contributed by atoms with E-state index in [1.54, 1.807) is 15.7 Å². The van der Waals surface area contributed by atoms with Gasteiger partial charge in [0.1, 0.15) is 15.7 Å². The van der Waals surface area contributed by atoms with E-state index in [4.69, 9.17) is 11.5 Å². The summed E-state index contributed by atoms with van der Waals surface area (Å²) in [5, 5.41) is 7.66. The molecule has 0 saturated carbocycles. The lowest BCUT2D eigenvalue weighted by Gasteiger charge is -2.03. The third-order valence-electron chi connectivity index (χ3n) is 0.353. The Bertz CT molecular complexity index is 75.8. The SMILES string of the molecule is BC(B)(O)C#C. The van der Waals surface area contributed by atoms with Crippen molar-refractivity contribution in [2.45, 2.75) is 5.40 Å². The molecule has 0 aliphatic rings. The fourth-order valence-corrected chi connectivity index (χ4v) is 0. The van der Waals surface area contributed by atoms with Crippen LogP contribution >= 0.6 is 0 Å². The summed E-state index contributed by atoms with van der Waals surface area (Å²) in [7, 11) is 3.12. The maximum Gasteiger partial charge on any atom is 0.147 e. The molecule has 0 bridgehead atoms. The van der Waals surface area contributed by atoms with Gasteiger partial charge in [-0.3, -0.25) is 0 Å². The highest BCUT2D eigenvalue weighted by molar-refractivity contribution is 6.41. The molecule has 0 heterocycles. The molecule has 3 heteroatoms. The van der Waals surface area contributed by atoms with E-state index < -0.39 is 5.40 Å². The van der Waals surface area contributed by atoms with E-state index in [1.165, 1.54) is 0 Å². The minimum Gasteiger partial charge on any atom is -0.396 e. The normalized spacial score (nSPS) is 10.0. The Morgan fingerprint density at radius 3 is 1.83 bits per heavy atom. The van der Waals surface area contributed by atoms with Crippen LogP contribution in [0.15, 0.2) is 0 Å². The molecule has 0 saturated heterocycles. The zero-order valence-corrected chi connectivity index (χ0v) is 4.02. The van der Waals surface area contributed by atoms with Crippen molar-refractivity contribution in [2.24, 2.45) is 0 Å². The van der Waals surface area contributed by atoms with Gasteiger partial charge >= 0.3 is 0 Å². The average Bonchev–Trinajstić information content (AvgIpc) is 1.35. The van der Waals surface area contributed by atoms with Crippen LogP contribution in [-0.2, 0) is 0 Å². The number of hydrogen-bond acceptors (Lipinski definition) is 1. The number of terminal acetylenes is 1. The Morgan fingerprint density at radius 1 is 1.67 bits per heavy atom. The van der Waals surface area contributed by atoms with Crippen LogP contribution in [0.3, 0.4) is 0 Å². The quantitative estimate of drug-likeness (QED) is 0.252. The van der Waals surface area contributed by atoms with Crippen molar-refractivity contribution in [1.29, 1.82) is 0 Å². The Kier molecular flexibility index (Phi) is 1.32. The van der Waals surface area contributed by atoms with Crippen LogP contribution < -0.4 is 0 Å². The molecule has 0 radical (unpaired) electrons. The van der Waals surface area contributed by atoms with Gasteiger partial charge in [-0.25, -0.2) is 0 Å². The van der Waals surface area contributed by atoms with Crippen molar-refractivity contribution in [3.63, 3.8) is 0 Å². The van der Waals surface area contributed by atoms with Gasteiger partial charge in [0.2, 0.25) is 0 Å². The van der Waals surface area contributed by atoms with Gasteiger partial charge in [-0.15, -0.1) is 6.42 Å². The molecular weight excluding hydrogens is 73.7 g/mol. The number of rotatable bonds is 0. The van der Waals surface area contributed by atoms with Crippen LogP contribution in [0.1, 0.15) is 0 Å².